The van der Waals surface area contributed by atoms with Crippen LogP contribution in [0.3, 0.4) is 0 Å². The van der Waals surface area contributed by atoms with Crippen LogP contribution in [-0.4, -0.2) is 19.7 Å². The number of aliphatic hydroxyl groups is 1. The van der Waals surface area contributed by atoms with Gasteiger partial charge in [-0.1, -0.05) is 51.1 Å². The first-order chi connectivity index (χ1) is 7.72. The Hall–Kier alpha value is -0.643. The van der Waals surface area contributed by atoms with E-state index in [1.54, 1.807) is 0 Å². The molecule has 0 radical (unpaired) electrons. The van der Waals surface area contributed by atoms with E-state index in [1.165, 1.54) is 0 Å². The maximum atomic E-state index is 10.0. The van der Waals surface area contributed by atoms with Gasteiger partial charge >= 0.3 is 0 Å². The Kier molecular flexibility index (Phi) is 4.53. The molecule has 1 unspecified atom stereocenters. The maximum absolute atomic E-state index is 10.0. The average Bonchev–Trinajstić information content (AvgIpc) is 2.16. The molecule has 3 heteroatoms. The molecule has 0 amide bonds. The van der Waals surface area contributed by atoms with E-state index < -0.39 is 14.6 Å². The van der Waals surface area contributed by atoms with Crippen molar-refractivity contribution in [1.29, 1.82) is 0 Å². The SMILES string of the molecule is CC(C)(C)[Si](C)(C)OC(O)Cc1ccccc1. The molecule has 0 aromatic heterocycles. The van der Waals surface area contributed by atoms with E-state index in [9.17, 15) is 5.11 Å². The molecule has 0 saturated heterocycles. The molecule has 0 aliphatic rings. The van der Waals surface area contributed by atoms with Crippen LogP contribution in [0.5, 0.6) is 0 Å². The van der Waals surface area contributed by atoms with Gasteiger partial charge in [-0.15, -0.1) is 0 Å². The minimum atomic E-state index is -1.87. The van der Waals surface area contributed by atoms with Crippen molar-refractivity contribution < 1.29 is 9.53 Å². The van der Waals surface area contributed by atoms with Crippen LogP contribution < -0.4 is 0 Å². The first-order valence-electron chi connectivity index (χ1n) is 6.12. The van der Waals surface area contributed by atoms with E-state index in [-0.39, 0.29) is 5.04 Å². The van der Waals surface area contributed by atoms with Crippen LogP contribution >= 0.6 is 0 Å². The van der Waals surface area contributed by atoms with Gasteiger partial charge in [0.05, 0.1) is 0 Å². The molecule has 0 fully saturated rings. The first kappa shape index (κ1) is 14.4. The second-order valence-corrected chi connectivity index (χ2v) is 10.8. The molecule has 0 bridgehead atoms. The number of hydrogen-bond acceptors (Lipinski definition) is 2. The van der Waals surface area contributed by atoms with Crippen molar-refractivity contribution in [2.24, 2.45) is 0 Å². The summed E-state index contributed by atoms with van der Waals surface area (Å²) in [6, 6.07) is 9.96. The zero-order chi connectivity index (χ0) is 13.1. The molecule has 1 aromatic rings. The third kappa shape index (κ3) is 4.26. The highest BCUT2D eigenvalue weighted by molar-refractivity contribution is 6.74. The van der Waals surface area contributed by atoms with Crippen LogP contribution in [0.15, 0.2) is 30.3 Å². The van der Waals surface area contributed by atoms with Crippen molar-refractivity contribution >= 4 is 8.32 Å². The number of hydrogen-bond donors (Lipinski definition) is 1. The van der Waals surface area contributed by atoms with Crippen molar-refractivity contribution in [3.63, 3.8) is 0 Å². The van der Waals surface area contributed by atoms with E-state index in [4.69, 9.17) is 4.43 Å². The molecule has 17 heavy (non-hydrogen) atoms. The second kappa shape index (κ2) is 5.34. The third-order valence-corrected chi connectivity index (χ3v) is 7.96. The van der Waals surface area contributed by atoms with Gasteiger partial charge in [0.25, 0.3) is 0 Å². The molecule has 1 atom stereocenters. The van der Waals surface area contributed by atoms with Gasteiger partial charge in [-0.25, -0.2) is 0 Å². The van der Waals surface area contributed by atoms with Gasteiger partial charge in [0.15, 0.2) is 8.32 Å². The quantitative estimate of drug-likeness (QED) is 0.656. The summed E-state index contributed by atoms with van der Waals surface area (Å²) in [7, 11) is -1.87. The predicted octanol–water partition coefficient (Wildman–Crippen LogP) is 3.57. The van der Waals surface area contributed by atoms with Crippen LogP contribution in [-0.2, 0) is 10.8 Å². The van der Waals surface area contributed by atoms with Crippen LogP contribution in [0, 0.1) is 0 Å². The monoisotopic (exact) mass is 252 g/mol. The molecule has 1 rings (SSSR count). The lowest BCUT2D eigenvalue weighted by molar-refractivity contribution is -0.0267. The van der Waals surface area contributed by atoms with Gasteiger partial charge in [0, 0.05) is 6.42 Å². The van der Waals surface area contributed by atoms with E-state index in [1.807, 2.05) is 30.3 Å². The van der Waals surface area contributed by atoms with Crippen LogP contribution in [0.4, 0.5) is 0 Å². The van der Waals surface area contributed by atoms with Crippen molar-refractivity contribution in [2.45, 2.75) is 51.6 Å². The molecular formula is C14H24O2Si. The Morgan fingerprint density at radius 2 is 1.71 bits per heavy atom. The summed E-state index contributed by atoms with van der Waals surface area (Å²) < 4.78 is 5.90. The summed E-state index contributed by atoms with van der Waals surface area (Å²) in [5.74, 6) is 0. The van der Waals surface area contributed by atoms with Gasteiger partial charge in [0.1, 0.15) is 6.29 Å². The smallest absolute Gasteiger partial charge is 0.195 e. The molecule has 96 valence electrons. The highest BCUT2D eigenvalue weighted by Gasteiger charge is 2.38. The number of aliphatic hydroxyl groups excluding tert-OH is 1. The Bertz CT molecular complexity index is 341. The molecule has 0 spiro atoms. The lowest BCUT2D eigenvalue weighted by Gasteiger charge is -2.37. The van der Waals surface area contributed by atoms with Crippen LogP contribution in [0.1, 0.15) is 26.3 Å². The summed E-state index contributed by atoms with van der Waals surface area (Å²) in [6.07, 6.45) is -0.133. The van der Waals surface area contributed by atoms with Gasteiger partial charge < -0.3 is 9.53 Å². The molecule has 1 N–H and O–H groups in total. The minimum absolute atomic E-state index is 0.130. The van der Waals surface area contributed by atoms with Crippen molar-refractivity contribution in [3.05, 3.63) is 35.9 Å². The minimum Gasteiger partial charge on any atom is -0.392 e. The fourth-order valence-electron chi connectivity index (χ4n) is 1.37. The van der Waals surface area contributed by atoms with Crippen molar-refractivity contribution in [1.82, 2.24) is 0 Å². The van der Waals surface area contributed by atoms with Crippen molar-refractivity contribution in [3.8, 4) is 0 Å². The van der Waals surface area contributed by atoms with Gasteiger partial charge in [-0.05, 0) is 23.7 Å². The Balaban J connectivity index is 2.59. The fraction of sp³-hybridized carbons (Fsp3) is 0.571. The molecule has 0 aliphatic carbocycles. The van der Waals surface area contributed by atoms with E-state index in [0.717, 1.165) is 5.56 Å². The zero-order valence-electron chi connectivity index (χ0n) is 11.5. The number of benzene rings is 1. The summed E-state index contributed by atoms with van der Waals surface area (Å²) in [4.78, 5) is 0. The summed E-state index contributed by atoms with van der Waals surface area (Å²) in [6.45, 7) is 10.8. The zero-order valence-corrected chi connectivity index (χ0v) is 12.5. The Morgan fingerprint density at radius 3 is 2.18 bits per heavy atom. The van der Waals surface area contributed by atoms with Gasteiger partial charge in [0.2, 0.25) is 0 Å². The Morgan fingerprint density at radius 1 is 1.18 bits per heavy atom. The maximum Gasteiger partial charge on any atom is 0.195 e. The van der Waals surface area contributed by atoms with E-state index in [2.05, 4.69) is 33.9 Å². The number of rotatable bonds is 4. The lowest BCUT2D eigenvalue weighted by Crippen LogP contribution is -2.44. The molecular weight excluding hydrogens is 228 g/mol. The molecule has 1 aromatic carbocycles. The largest absolute Gasteiger partial charge is 0.392 e. The molecule has 0 aliphatic heterocycles. The summed E-state index contributed by atoms with van der Waals surface area (Å²) in [5.41, 5.74) is 1.11. The van der Waals surface area contributed by atoms with Crippen LogP contribution in [0.25, 0.3) is 0 Å². The topological polar surface area (TPSA) is 29.5 Å². The van der Waals surface area contributed by atoms with E-state index in [0.29, 0.717) is 6.42 Å². The lowest BCUT2D eigenvalue weighted by atomic mass is 10.1. The highest BCUT2D eigenvalue weighted by atomic mass is 28.4. The third-order valence-electron chi connectivity index (χ3n) is 3.49. The Labute approximate surface area is 106 Å². The molecule has 0 heterocycles. The second-order valence-electron chi connectivity index (χ2n) is 6.02. The fourth-order valence-corrected chi connectivity index (χ4v) is 2.49. The summed E-state index contributed by atoms with van der Waals surface area (Å²) in [5, 5.41) is 10.1. The highest BCUT2D eigenvalue weighted by Crippen LogP contribution is 2.37. The molecule has 0 saturated carbocycles. The van der Waals surface area contributed by atoms with Gasteiger partial charge in [-0.2, -0.15) is 0 Å². The molecule has 2 nitrogen and oxygen atoms in total. The van der Waals surface area contributed by atoms with Gasteiger partial charge in [-0.3, -0.25) is 0 Å². The predicted molar refractivity (Wildman–Crippen MR) is 74.4 cm³/mol. The van der Waals surface area contributed by atoms with E-state index >= 15 is 0 Å². The summed E-state index contributed by atoms with van der Waals surface area (Å²) >= 11 is 0. The first-order valence-corrected chi connectivity index (χ1v) is 9.03. The van der Waals surface area contributed by atoms with Crippen LogP contribution in [0.2, 0.25) is 18.1 Å². The normalized spacial score (nSPS) is 14.7. The van der Waals surface area contributed by atoms with Crippen molar-refractivity contribution in [2.75, 3.05) is 0 Å². The standard InChI is InChI=1S/C14H24O2Si/c1-14(2,3)17(4,5)16-13(15)11-12-9-7-6-8-10-12/h6-10,13,15H,11H2,1-5H3. The average molecular weight is 252 g/mol.